The van der Waals surface area contributed by atoms with Crippen molar-refractivity contribution in [1.29, 1.82) is 0 Å². The van der Waals surface area contributed by atoms with Crippen molar-refractivity contribution in [2.24, 2.45) is 0 Å². The smallest absolute Gasteiger partial charge is 0.135 e. The fourth-order valence-corrected chi connectivity index (χ4v) is 2.27. The van der Waals surface area contributed by atoms with Crippen LogP contribution in [0, 0.1) is 18.6 Å². The molecule has 1 fully saturated rings. The molecular weight excluding hydrogens is 226 g/mol. The molecule has 1 N–H and O–H groups in total. The van der Waals surface area contributed by atoms with Crippen LogP contribution in [0.4, 0.5) is 8.78 Å². The minimum absolute atomic E-state index is 0.206. The number of rotatable bonds is 1. The highest BCUT2D eigenvalue weighted by molar-refractivity contribution is 5.31. The molecule has 17 heavy (non-hydrogen) atoms. The molecule has 0 amide bonds. The molecule has 0 aliphatic carbocycles. The summed E-state index contributed by atoms with van der Waals surface area (Å²) < 4.78 is 33.0. The maximum absolute atomic E-state index is 14.0. The van der Waals surface area contributed by atoms with E-state index in [9.17, 15) is 13.9 Å². The zero-order valence-electron chi connectivity index (χ0n) is 9.80. The van der Waals surface area contributed by atoms with Crippen LogP contribution in [0.25, 0.3) is 0 Å². The van der Waals surface area contributed by atoms with E-state index in [1.807, 2.05) is 0 Å². The predicted molar refractivity (Wildman–Crippen MR) is 59.7 cm³/mol. The zero-order valence-corrected chi connectivity index (χ0v) is 9.80. The first kappa shape index (κ1) is 12.5. The van der Waals surface area contributed by atoms with Gasteiger partial charge in [0.1, 0.15) is 11.6 Å². The number of aryl methyl sites for hydroxylation is 1. The quantitative estimate of drug-likeness (QED) is 0.820. The molecule has 1 aromatic carbocycles. The SMILES string of the molecule is Cc1ccc(F)c(C2(O)CCCOCC2)c1F. The van der Waals surface area contributed by atoms with Crippen LogP contribution in [0.3, 0.4) is 0 Å². The van der Waals surface area contributed by atoms with Gasteiger partial charge in [-0.1, -0.05) is 6.07 Å². The third kappa shape index (κ3) is 2.33. The highest BCUT2D eigenvalue weighted by Gasteiger charge is 2.36. The van der Waals surface area contributed by atoms with Crippen molar-refractivity contribution in [3.05, 3.63) is 34.9 Å². The van der Waals surface area contributed by atoms with Gasteiger partial charge in [0.25, 0.3) is 0 Å². The number of aliphatic hydroxyl groups is 1. The maximum atomic E-state index is 14.0. The van der Waals surface area contributed by atoms with Gasteiger partial charge in [-0.25, -0.2) is 8.78 Å². The van der Waals surface area contributed by atoms with Crippen molar-refractivity contribution in [3.8, 4) is 0 Å². The van der Waals surface area contributed by atoms with Crippen LogP contribution in [0.5, 0.6) is 0 Å². The van der Waals surface area contributed by atoms with Crippen molar-refractivity contribution in [2.75, 3.05) is 13.2 Å². The molecule has 1 unspecified atom stereocenters. The highest BCUT2D eigenvalue weighted by atomic mass is 19.1. The molecule has 1 heterocycles. The monoisotopic (exact) mass is 242 g/mol. The van der Waals surface area contributed by atoms with Crippen molar-refractivity contribution in [2.45, 2.75) is 31.8 Å². The summed E-state index contributed by atoms with van der Waals surface area (Å²) in [6.45, 7) is 2.41. The molecule has 0 radical (unpaired) electrons. The lowest BCUT2D eigenvalue weighted by molar-refractivity contribution is 0.00782. The lowest BCUT2D eigenvalue weighted by atomic mass is 9.85. The summed E-state index contributed by atoms with van der Waals surface area (Å²) >= 11 is 0. The Morgan fingerprint density at radius 1 is 1.24 bits per heavy atom. The molecule has 1 atom stereocenters. The largest absolute Gasteiger partial charge is 0.385 e. The fourth-order valence-electron chi connectivity index (χ4n) is 2.27. The van der Waals surface area contributed by atoms with Crippen molar-refractivity contribution >= 4 is 0 Å². The normalized spacial score (nSPS) is 25.6. The first-order valence-corrected chi connectivity index (χ1v) is 5.80. The van der Waals surface area contributed by atoms with Gasteiger partial charge in [0, 0.05) is 19.6 Å². The maximum Gasteiger partial charge on any atom is 0.135 e. The van der Waals surface area contributed by atoms with E-state index >= 15 is 0 Å². The minimum atomic E-state index is -1.45. The van der Waals surface area contributed by atoms with E-state index in [0.29, 0.717) is 31.6 Å². The first-order valence-electron chi connectivity index (χ1n) is 5.80. The van der Waals surface area contributed by atoms with Crippen LogP contribution in [-0.2, 0) is 10.3 Å². The standard InChI is InChI=1S/C13H16F2O2/c1-9-3-4-10(14)11(12(9)15)13(16)5-2-7-17-8-6-13/h3-4,16H,2,5-8H2,1H3. The molecule has 4 heteroatoms. The van der Waals surface area contributed by atoms with Crippen LogP contribution in [-0.4, -0.2) is 18.3 Å². The Kier molecular flexibility index (Phi) is 3.45. The minimum Gasteiger partial charge on any atom is -0.385 e. The van der Waals surface area contributed by atoms with Crippen LogP contribution < -0.4 is 0 Å². The summed E-state index contributed by atoms with van der Waals surface area (Å²) in [5.41, 5.74) is -1.31. The van der Waals surface area contributed by atoms with Gasteiger partial charge in [0.05, 0.1) is 11.2 Å². The van der Waals surface area contributed by atoms with Crippen molar-refractivity contribution in [1.82, 2.24) is 0 Å². The Balaban J connectivity index is 2.47. The van der Waals surface area contributed by atoms with Crippen LogP contribution in [0.15, 0.2) is 12.1 Å². The Bertz CT molecular complexity index is 410. The van der Waals surface area contributed by atoms with Crippen LogP contribution in [0.2, 0.25) is 0 Å². The summed E-state index contributed by atoms with van der Waals surface area (Å²) in [7, 11) is 0. The third-order valence-corrected chi connectivity index (χ3v) is 3.29. The molecule has 0 spiro atoms. The van der Waals surface area contributed by atoms with E-state index in [4.69, 9.17) is 4.74 Å². The second-order valence-corrected chi connectivity index (χ2v) is 4.55. The molecule has 2 nitrogen and oxygen atoms in total. The zero-order chi connectivity index (χ0) is 12.5. The molecule has 1 aromatic rings. The number of benzene rings is 1. The van der Waals surface area contributed by atoms with Crippen molar-refractivity contribution in [3.63, 3.8) is 0 Å². The Labute approximate surface area is 99.2 Å². The van der Waals surface area contributed by atoms with Gasteiger partial charge in [-0.15, -0.1) is 0 Å². The number of halogens is 2. The summed E-state index contributed by atoms with van der Waals surface area (Å²) in [6, 6.07) is 2.59. The molecule has 1 saturated heterocycles. The molecule has 0 bridgehead atoms. The molecule has 1 aliphatic rings. The number of ether oxygens (including phenoxy) is 1. The average Bonchev–Trinajstić information content (AvgIpc) is 2.50. The van der Waals surface area contributed by atoms with E-state index in [1.165, 1.54) is 12.1 Å². The molecule has 94 valence electrons. The average molecular weight is 242 g/mol. The van der Waals surface area contributed by atoms with E-state index in [1.54, 1.807) is 6.92 Å². The van der Waals surface area contributed by atoms with E-state index in [-0.39, 0.29) is 12.0 Å². The Hall–Kier alpha value is -1.00. The second-order valence-electron chi connectivity index (χ2n) is 4.55. The van der Waals surface area contributed by atoms with Gasteiger partial charge in [-0.05, 0) is 31.4 Å². The van der Waals surface area contributed by atoms with E-state index < -0.39 is 17.2 Å². The lowest BCUT2D eigenvalue weighted by Crippen LogP contribution is -2.29. The number of hydrogen-bond acceptors (Lipinski definition) is 2. The second kappa shape index (κ2) is 4.70. The lowest BCUT2D eigenvalue weighted by Gasteiger charge is -2.27. The van der Waals surface area contributed by atoms with Gasteiger partial charge >= 0.3 is 0 Å². The number of hydrogen-bond donors (Lipinski definition) is 1. The van der Waals surface area contributed by atoms with Gasteiger partial charge < -0.3 is 9.84 Å². The fraction of sp³-hybridized carbons (Fsp3) is 0.538. The van der Waals surface area contributed by atoms with Gasteiger partial charge in [0.15, 0.2) is 0 Å². The predicted octanol–water partition coefficient (Wildman–Crippen LogP) is 2.66. The van der Waals surface area contributed by atoms with Crippen LogP contribution >= 0.6 is 0 Å². The van der Waals surface area contributed by atoms with Gasteiger partial charge in [-0.3, -0.25) is 0 Å². The molecule has 1 aliphatic heterocycles. The summed E-state index contributed by atoms with van der Waals surface area (Å²) in [5.74, 6) is -1.33. The third-order valence-electron chi connectivity index (χ3n) is 3.29. The van der Waals surface area contributed by atoms with Crippen molar-refractivity contribution < 1.29 is 18.6 Å². The first-order chi connectivity index (χ1) is 8.04. The molecular formula is C13H16F2O2. The Morgan fingerprint density at radius 2 is 2.00 bits per heavy atom. The highest BCUT2D eigenvalue weighted by Crippen LogP contribution is 2.36. The summed E-state index contributed by atoms with van der Waals surface area (Å²) in [5, 5.41) is 10.4. The molecule has 0 saturated carbocycles. The summed E-state index contributed by atoms with van der Waals surface area (Å²) in [4.78, 5) is 0. The topological polar surface area (TPSA) is 29.5 Å². The van der Waals surface area contributed by atoms with Gasteiger partial charge in [0.2, 0.25) is 0 Å². The molecule has 0 aromatic heterocycles. The van der Waals surface area contributed by atoms with Gasteiger partial charge in [-0.2, -0.15) is 0 Å². The molecule has 2 rings (SSSR count). The Morgan fingerprint density at radius 3 is 2.76 bits per heavy atom. The van der Waals surface area contributed by atoms with E-state index in [2.05, 4.69) is 0 Å². The van der Waals surface area contributed by atoms with E-state index in [0.717, 1.165) is 0 Å². The van der Waals surface area contributed by atoms with Crippen LogP contribution in [0.1, 0.15) is 30.4 Å². The summed E-state index contributed by atoms with van der Waals surface area (Å²) in [6.07, 6.45) is 1.15.